The Bertz CT molecular complexity index is 931. The van der Waals surface area contributed by atoms with Crippen LogP contribution >= 0.6 is 11.3 Å². The van der Waals surface area contributed by atoms with Gasteiger partial charge < -0.3 is 19.6 Å². The molecule has 0 saturated carbocycles. The molecule has 31 heavy (non-hydrogen) atoms. The van der Waals surface area contributed by atoms with E-state index in [1.54, 1.807) is 29.2 Å². The zero-order chi connectivity index (χ0) is 22.5. The van der Waals surface area contributed by atoms with Crippen molar-refractivity contribution >= 4 is 28.8 Å². The summed E-state index contributed by atoms with van der Waals surface area (Å²) in [6.07, 6.45) is 0.0365. The second-order valence-electron chi connectivity index (χ2n) is 7.73. The van der Waals surface area contributed by atoms with Crippen LogP contribution in [0.2, 0.25) is 0 Å². The highest BCUT2D eigenvalue weighted by molar-refractivity contribution is 7.10. The first-order valence-corrected chi connectivity index (χ1v) is 11.6. The molecule has 0 bridgehead atoms. The maximum atomic E-state index is 13.0. The van der Waals surface area contributed by atoms with Crippen molar-refractivity contribution in [3.05, 3.63) is 57.8 Å². The van der Waals surface area contributed by atoms with Crippen molar-refractivity contribution in [3.8, 4) is 5.75 Å². The van der Waals surface area contributed by atoms with E-state index in [1.165, 1.54) is 11.3 Å². The van der Waals surface area contributed by atoms with Gasteiger partial charge in [0.1, 0.15) is 11.5 Å². The lowest BCUT2D eigenvalue weighted by Gasteiger charge is -2.27. The van der Waals surface area contributed by atoms with E-state index in [1.807, 2.05) is 31.4 Å². The summed E-state index contributed by atoms with van der Waals surface area (Å²) < 4.78 is 5.66. The Kier molecular flexibility index (Phi) is 7.51. The van der Waals surface area contributed by atoms with Gasteiger partial charge in [-0.05, 0) is 62.6 Å². The first-order chi connectivity index (χ1) is 14.9. The zero-order valence-electron chi connectivity index (χ0n) is 18.5. The van der Waals surface area contributed by atoms with Crippen LogP contribution in [0.5, 0.6) is 5.75 Å². The Balaban J connectivity index is 1.98. The highest BCUT2D eigenvalue weighted by Crippen LogP contribution is 2.41. The van der Waals surface area contributed by atoms with E-state index in [2.05, 4.69) is 18.7 Å². The van der Waals surface area contributed by atoms with E-state index in [0.29, 0.717) is 24.4 Å². The highest BCUT2D eigenvalue weighted by Gasteiger charge is 2.46. The number of likely N-dealkylation sites (tertiary alicyclic amines) is 1. The molecular formula is C24H30N2O4S. The summed E-state index contributed by atoms with van der Waals surface area (Å²) in [6, 6.07) is 10.1. The summed E-state index contributed by atoms with van der Waals surface area (Å²) >= 11 is 1.47. The molecule has 7 heteroatoms. The number of nitrogens with zero attached hydrogens (tertiary/aromatic N) is 2. The highest BCUT2D eigenvalue weighted by atomic mass is 32.1. The average molecular weight is 443 g/mol. The van der Waals surface area contributed by atoms with Crippen molar-refractivity contribution in [2.75, 3.05) is 26.2 Å². The molecule has 0 aliphatic carbocycles. The molecule has 1 aromatic carbocycles. The number of thiophene rings is 1. The van der Waals surface area contributed by atoms with E-state index in [0.717, 1.165) is 18.0 Å². The third-order valence-corrected chi connectivity index (χ3v) is 6.33. The zero-order valence-corrected chi connectivity index (χ0v) is 19.3. The van der Waals surface area contributed by atoms with Crippen LogP contribution in [0, 0.1) is 0 Å². The third-order valence-electron chi connectivity index (χ3n) is 5.40. The van der Waals surface area contributed by atoms with Crippen LogP contribution in [0.1, 0.15) is 44.2 Å². The lowest BCUT2D eigenvalue weighted by molar-refractivity contribution is -0.140. The van der Waals surface area contributed by atoms with Crippen LogP contribution in [-0.2, 0) is 9.59 Å². The first kappa shape index (κ1) is 23.0. The number of aliphatic hydroxyl groups is 1. The molecular weight excluding hydrogens is 412 g/mol. The molecule has 1 N–H and O–H groups in total. The Morgan fingerprint density at radius 2 is 1.84 bits per heavy atom. The van der Waals surface area contributed by atoms with Gasteiger partial charge in [0.2, 0.25) is 0 Å². The minimum atomic E-state index is -0.641. The minimum Gasteiger partial charge on any atom is -0.507 e. The molecule has 166 valence electrons. The third kappa shape index (κ3) is 4.99. The smallest absolute Gasteiger partial charge is 0.295 e. The number of ketones is 1. The Labute approximate surface area is 187 Å². The van der Waals surface area contributed by atoms with E-state index < -0.39 is 17.7 Å². The number of aliphatic hydroxyl groups excluding tert-OH is 1. The lowest BCUT2D eigenvalue weighted by Crippen LogP contribution is -2.37. The standard InChI is InChI=1S/C24H30N2O4S/c1-5-25(6-2)13-14-26-21(19-8-7-15-31-19)20(23(28)24(26)29)22(27)17-9-11-18(12-10-17)30-16(3)4/h7-12,15-16,21,27H,5-6,13-14H2,1-4H3/b22-20+/t21-/m1/s1. The molecule has 0 radical (unpaired) electrons. The molecule has 3 rings (SSSR count). The quantitative estimate of drug-likeness (QED) is 0.356. The van der Waals surface area contributed by atoms with Gasteiger partial charge in [-0.3, -0.25) is 9.59 Å². The second kappa shape index (κ2) is 10.1. The van der Waals surface area contributed by atoms with Gasteiger partial charge in [-0.25, -0.2) is 0 Å². The molecule has 1 aromatic heterocycles. The SMILES string of the molecule is CCN(CC)CCN1C(=O)C(=O)/C(=C(/O)c2ccc(OC(C)C)cc2)[C@H]1c1cccs1. The summed E-state index contributed by atoms with van der Waals surface area (Å²) in [5.41, 5.74) is 0.629. The van der Waals surface area contributed by atoms with Crippen LogP contribution in [0.15, 0.2) is 47.4 Å². The Morgan fingerprint density at radius 1 is 1.16 bits per heavy atom. The number of hydrogen-bond donors (Lipinski definition) is 1. The number of rotatable bonds is 9. The maximum Gasteiger partial charge on any atom is 0.295 e. The Hall–Kier alpha value is -2.64. The Morgan fingerprint density at radius 3 is 2.39 bits per heavy atom. The number of amides is 1. The molecule has 2 heterocycles. The second-order valence-corrected chi connectivity index (χ2v) is 8.71. The van der Waals surface area contributed by atoms with Gasteiger partial charge in [-0.15, -0.1) is 11.3 Å². The predicted molar refractivity (Wildman–Crippen MR) is 123 cm³/mol. The van der Waals surface area contributed by atoms with Gasteiger partial charge in [0.05, 0.1) is 17.7 Å². The molecule has 1 aliphatic heterocycles. The van der Waals surface area contributed by atoms with E-state index in [-0.39, 0.29) is 17.4 Å². The molecule has 1 aliphatic rings. The van der Waals surface area contributed by atoms with Crippen LogP contribution in [0.3, 0.4) is 0 Å². The van der Waals surface area contributed by atoms with E-state index >= 15 is 0 Å². The fraction of sp³-hybridized carbons (Fsp3) is 0.417. The number of Topliss-reactive ketones (excluding diaryl/α,β-unsaturated/α-hetero) is 1. The van der Waals surface area contributed by atoms with Crippen molar-refractivity contribution in [1.29, 1.82) is 0 Å². The van der Waals surface area contributed by atoms with Crippen LogP contribution in [0.4, 0.5) is 0 Å². The van der Waals surface area contributed by atoms with Gasteiger partial charge in [0.15, 0.2) is 0 Å². The monoisotopic (exact) mass is 442 g/mol. The molecule has 1 saturated heterocycles. The van der Waals surface area contributed by atoms with Crippen molar-refractivity contribution in [2.45, 2.75) is 39.8 Å². The van der Waals surface area contributed by atoms with Crippen LogP contribution < -0.4 is 4.74 Å². The van der Waals surface area contributed by atoms with Crippen LogP contribution in [0.25, 0.3) is 5.76 Å². The van der Waals surface area contributed by atoms with Gasteiger partial charge in [0, 0.05) is 23.5 Å². The first-order valence-electron chi connectivity index (χ1n) is 10.7. The molecule has 1 atom stereocenters. The largest absolute Gasteiger partial charge is 0.507 e. The number of hydrogen-bond acceptors (Lipinski definition) is 6. The van der Waals surface area contributed by atoms with E-state index in [9.17, 15) is 14.7 Å². The normalized spacial score (nSPS) is 18.4. The fourth-order valence-electron chi connectivity index (χ4n) is 3.76. The van der Waals surface area contributed by atoms with E-state index in [4.69, 9.17) is 4.74 Å². The summed E-state index contributed by atoms with van der Waals surface area (Å²) in [6.45, 7) is 10.9. The molecule has 1 amide bonds. The minimum absolute atomic E-state index is 0.0365. The van der Waals surface area contributed by atoms with Crippen molar-refractivity contribution in [3.63, 3.8) is 0 Å². The fourth-order valence-corrected chi connectivity index (χ4v) is 4.61. The van der Waals surface area contributed by atoms with Crippen LogP contribution in [-0.4, -0.2) is 58.9 Å². The van der Waals surface area contributed by atoms with Gasteiger partial charge in [-0.1, -0.05) is 19.9 Å². The number of ether oxygens (including phenoxy) is 1. The lowest BCUT2D eigenvalue weighted by atomic mass is 10.00. The molecule has 6 nitrogen and oxygen atoms in total. The number of benzene rings is 1. The number of carbonyl (C=O) groups excluding carboxylic acids is 2. The van der Waals surface area contributed by atoms with Gasteiger partial charge >= 0.3 is 0 Å². The summed E-state index contributed by atoms with van der Waals surface area (Å²) in [5, 5.41) is 13.0. The summed E-state index contributed by atoms with van der Waals surface area (Å²) in [4.78, 5) is 30.6. The number of carbonyl (C=O) groups is 2. The molecule has 0 spiro atoms. The van der Waals surface area contributed by atoms with Crippen molar-refractivity contribution in [2.24, 2.45) is 0 Å². The van der Waals surface area contributed by atoms with Gasteiger partial charge in [-0.2, -0.15) is 0 Å². The van der Waals surface area contributed by atoms with Crippen molar-refractivity contribution in [1.82, 2.24) is 9.80 Å². The molecule has 1 fully saturated rings. The van der Waals surface area contributed by atoms with Gasteiger partial charge in [0.25, 0.3) is 11.7 Å². The average Bonchev–Trinajstić information content (AvgIpc) is 3.36. The molecule has 2 aromatic rings. The molecule has 0 unspecified atom stereocenters. The summed E-state index contributed by atoms with van der Waals surface area (Å²) in [7, 11) is 0. The number of likely N-dealkylation sites (N-methyl/N-ethyl adjacent to an activating group) is 1. The topological polar surface area (TPSA) is 70.1 Å². The summed E-state index contributed by atoms with van der Waals surface area (Å²) in [5.74, 6) is -0.677. The maximum absolute atomic E-state index is 13.0. The predicted octanol–water partition coefficient (Wildman–Crippen LogP) is 4.30. The van der Waals surface area contributed by atoms with Crippen molar-refractivity contribution < 1.29 is 19.4 Å².